The van der Waals surface area contributed by atoms with E-state index in [0.717, 1.165) is 11.1 Å². The molecule has 4 aromatic rings. The predicted octanol–water partition coefficient (Wildman–Crippen LogP) is 4.87. The van der Waals surface area contributed by atoms with Crippen molar-refractivity contribution in [3.8, 4) is 11.1 Å². The third-order valence-electron chi connectivity index (χ3n) is 4.66. The van der Waals surface area contributed by atoms with Crippen LogP contribution in [0.5, 0.6) is 0 Å². The van der Waals surface area contributed by atoms with E-state index in [2.05, 4.69) is 5.32 Å². The first-order valence-corrected chi connectivity index (χ1v) is 9.97. The van der Waals surface area contributed by atoms with Gasteiger partial charge in [0.25, 0.3) is 5.91 Å². The number of nitrogens with one attached hydrogen (secondary N) is 1. The van der Waals surface area contributed by atoms with Crippen molar-refractivity contribution in [1.82, 2.24) is 0 Å². The van der Waals surface area contributed by atoms with Crippen LogP contribution in [0.4, 0.5) is 5.00 Å². The SMILES string of the molecule is COC(=O)c1c(-c2ccc(C)cc2)csc1NC(=O)c1cc2ccccc2oc1=O. The average Bonchev–Trinajstić information content (AvgIpc) is 3.16. The molecule has 2 aromatic carbocycles. The Kier molecular flexibility index (Phi) is 5.20. The van der Waals surface area contributed by atoms with Crippen LogP contribution in [-0.4, -0.2) is 19.0 Å². The molecule has 0 saturated carbocycles. The minimum absolute atomic E-state index is 0.144. The van der Waals surface area contributed by atoms with Crippen LogP contribution in [0.3, 0.4) is 0 Å². The number of rotatable bonds is 4. The Hall–Kier alpha value is -3.71. The van der Waals surface area contributed by atoms with Crippen LogP contribution in [0, 0.1) is 6.92 Å². The molecule has 2 aromatic heterocycles. The number of hydrogen-bond acceptors (Lipinski definition) is 6. The van der Waals surface area contributed by atoms with Crippen molar-refractivity contribution in [2.24, 2.45) is 0 Å². The van der Waals surface area contributed by atoms with E-state index >= 15 is 0 Å². The molecule has 0 atom stereocenters. The third-order valence-corrected chi connectivity index (χ3v) is 5.55. The van der Waals surface area contributed by atoms with Gasteiger partial charge in [-0.25, -0.2) is 9.59 Å². The number of amides is 1. The van der Waals surface area contributed by atoms with Crippen LogP contribution in [0.25, 0.3) is 22.1 Å². The lowest BCUT2D eigenvalue weighted by molar-refractivity contribution is 0.0603. The molecule has 2 heterocycles. The molecule has 0 aliphatic heterocycles. The molecule has 0 bridgehead atoms. The number of benzene rings is 2. The summed E-state index contributed by atoms with van der Waals surface area (Å²) in [5.41, 5.74) is 2.30. The van der Waals surface area contributed by atoms with E-state index in [4.69, 9.17) is 9.15 Å². The average molecular weight is 419 g/mol. The van der Waals surface area contributed by atoms with Crippen molar-refractivity contribution in [3.63, 3.8) is 0 Å². The summed E-state index contributed by atoms with van der Waals surface area (Å²) in [4.78, 5) is 37.6. The number of hydrogen-bond donors (Lipinski definition) is 1. The summed E-state index contributed by atoms with van der Waals surface area (Å²) >= 11 is 1.19. The standard InChI is InChI=1S/C23H17NO5S/c1-13-7-9-14(10-8-13)17-12-30-21(19(17)23(27)28-2)24-20(25)16-11-15-5-3-4-6-18(15)29-22(16)26/h3-12H,1-2H3,(H,24,25). The first-order chi connectivity index (χ1) is 14.5. The number of carbonyl (C=O) groups is 2. The number of methoxy groups -OCH3 is 1. The quantitative estimate of drug-likeness (QED) is 0.377. The second kappa shape index (κ2) is 7.96. The zero-order valence-corrected chi connectivity index (χ0v) is 17.0. The van der Waals surface area contributed by atoms with Crippen molar-refractivity contribution in [3.05, 3.63) is 87.1 Å². The van der Waals surface area contributed by atoms with Crippen molar-refractivity contribution in [2.45, 2.75) is 6.92 Å². The molecular weight excluding hydrogens is 402 g/mol. The molecule has 30 heavy (non-hydrogen) atoms. The fourth-order valence-corrected chi connectivity index (χ4v) is 4.04. The maximum atomic E-state index is 12.8. The van der Waals surface area contributed by atoms with Gasteiger partial charge in [-0.2, -0.15) is 0 Å². The van der Waals surface area contributed by atoms with Gasteiger partial charge >= 0.3 is 11.6 Å². The summed E-state index contributed by atoms with van der Waals surface area (Å²) in [7, 11) is 1.28. The molecule has 6 nitrogen and oxygen atoms in total. The molecule has 0 unspecified atom stereocenters. The summed E-state index contributed by atoms with van der Waals surface area (Å²) in [6.45, 7) is 1.97. The second-order valence-corrected chi connectivity index (χ2v) is 7.53. The van der Waals surface area contributed by atoms with Crippen LogP contribution in [0.15, 0.2) is 69.2 Å². The van der Waals surface area contributed by atoms with Gasteiger partial charge in [0.05, 0.1) is 7.11 Å². The molecule has 1 N–H and O–H groups in total. The van der Waals surface area contributed by atoms with Crippen molar-refractivity contribution in [2.75, 3.05) is 12.4 Å². The van der Waals surface area contributed by atoms with Gasteiger partial charge in [0.15, 0.2) is 0 Å². The monoisotopic (exact) mass is 419 g/mol. The van der Waals surface area contributed by atoms with Gasteiger partial charge in [-0.15, -0.1) is 11.3 Å². The number of anilines is 1. The topological polar surface area (TPSA) is 85.6 Å². The highest BCUT2D eigenvalue weighted by Gasteiger charge is 2.24. The Bertz CT molecular complexity index is 1320. The Morgan fingerprint density at radius 1 is 1.07 bits per heavy atom. The number of para-hydroxylation sites is 1. The minimum Gasteiger partial charge on any atom is -0.465 e. The predicted molar refractivity (Wildman–Crippen MR) is 116 cm³/mol. The van der Waals surface area contributed by atoms with E-state index in [1.165, 1.54) is 24.5 Å². The highest BCUT2D eigenvalue weighted by molar-refractivity contribution is 7.15. The number of aryl methyl sites for hydroxylation is 1. The van der Waals surface area contributed by atoms with Gasteiger partial charge in [0.2, 0.25) is 0 Å². The molecule has 0 aliphatic rings. The number of fused-ring (bicyclic) bond motifs is 1. The molecule has 4 rings (SSSR count). The molecule has 0 aliphatic carbocycles. The number of carbonyl (C=O) groups excluding carboxylic acids is 2. The largest absolute Gasteiger partial charge is 0.465 e. The normalized spacial score (nSPS) is 10.7. The number of ether oxygens (including phenoxy) is 1. The van der Waals surface area contributed by atoms with E-state index in [-0.39, 0.29) is 11.1 Å². The van der Waals surface area contributed by atoms with E-state index in [0.29, 0.717) is 21.5 Å². The van der Waals surface area contributed by atoms with Crippen LogP contribution in [-0.2, 0) is 4.74 Å². The highest BCUT2D eigenvalue weighted by atomic mass is 32.1. The van der Waals surface area contributed by atoms with Crippen molar-refractivity contribution >= 4 is 39.2 Å². The second-order valence-electron chi connectivity index (χ2n) is 6.65. The van der Waals surface area contributed by atoms with E-state index in [1.54, 1.807) is 29.6 Å². The van der Waals surface area contributed by atoms with E-state index in [9.17, 15) is 14.4 Å². The van der Waals surface area contributed by atoms with Gasteiger partial charge in [-0.1, -0.05) is 48.0 Å². The van der Waals surface area contributed by atoms with Crippen molar-refractivity contribution < 1.29 is 18.7 Å². The number of thiophene rings is 1. The maximum absolute atomic E-state index is 12.8. The zero-order chi connectivity index (χ0) is 21.3. The van der Waals surface area contributed by atoms with Gasteiger partial charge < -0.3 is 14.5 Å². The molecule has 150 valence electrons. The summed E-state index contributed by atoms with van der Waals surface area (Å²) in [5, 5.41) is 5.37. The number of esters is 1. The Labute approximate surface area is 175 Å². The molecule has 0 fully saturated rings. The van der Waals surface area contributed by atoms with E-state index < -0.39 is 17.5 Å². The molecule has 0 saturated heterocycles. The van der Waals surface area contributed by atoms with Gasteiger partial charge in [-0.05, 0) is 24.6 Å². The molecule has 0 spiro atoms. The highest BCUT2D eigenvalue weighted by Crippen LogP contribution is 2.36. The lowest BCUT2D eigenvalue weighted by atomic mass is 10.0. The van der Waals surface area contributed by atoms with Crippen LogP contribution >= 0.6 is 11.3 Å². The lowest BCUT2D eigenvalue weighted by Gasteiger charge is -2.08. The molecule has 7 heteroatoms. The van der Waals surface area contributed by atoms with Gasteiger partial charge in [0.1, 0.15) is 21.7 Å². The summed E-state index contributed by atoms with van der Waals surface area (Å²) in [5.74, 6) is -1.23. The van der Waals surface area contributed by atoms with Crippen LogP contribution in [0.2, 0.25) is 0 Å². The molecule has 1 amide bonds. The lowest BCUT2D eigenvalue weighted by Crippen LogP contribution is -2.21. The maximum Gasteiger partial charge on any atom is 0.349 e. The first kappa shape index (κ1) is 19.6. The zero-order valence-electron chi connectivity index (χ0n) is 16.2. The fraction of sp³-hybridized carbons (Fsp3) is 0.0870. The van der Waals surface area contributed by atoms with Crippen LogP contribution in [0.1, 0.15) is 26.3 Å². The van der Waals surface area contributed by atoms with Crippen molar-refractivity contribution in [1.29, 1.82) is 0 Å². The summed E-state index contributed by atoms with van der Waals surface area (Å²) in [6, 6.07) is 16.1. The summed E-state index contributed by atoms with van der Waals surface area (Å²) < 4.78 is 10.2. The Morgan fingerprint density at radius 3 is 2.53 bits per heavy atom. The first-order valence-electron chi connectivity index (χ1n) is 9.09. The summed E-state index contributed by atoms with van der Waals surface area (Å²) in [6.07, 6.45) is 0. The Morgan fingerprint density at radius 2 is 1.80 bits per heavy atom. The van der Waals surface area contributed by atoms with Crippen LogP contribution < -0.4 is 10.9 Å². The third kappa shape index (κ3) is 3.62. The van der Waals surface area contributed by atoms with Gasteiger partial charge in [0, 0.05) is 16.3 Å². The molecular formula is C23H17NO5S. The fourth-order valence-electron chi connectivity index (χ4n) is 3.09. The molecule has 0 radical (unpaired) electrons. The van der Waals surface area contributed by atoms with E-state index in [1.807, 2.05) is 31.2 Å². The van der Waals surface area contributed by atoms with Gasteiger partial charge in [-0.3, -0.25) is 4.79 Å². The smallest absolute Gasteiger partial charge is 0.349 e. The minimum atomic E-state index is -0.749. The Balaban J connectivity index is 1.73.